The summed E-state index contributed by atoms with van der Waals surface area (Å²) < 4.78 is 0. The Kier molecular flexibility index (Phi) is 3.34. The van der Waals surface area contributed by atoms with Crippen LogP contribution in [0.15, 0.2) is 0 Å². The van der Waals surface area contributed by atoms with Crippen LogP contribution in [0.5, 0.6) is 0 Å². The molecule has 0 aromatic carbocycles. The van der Waals surface area contributed by atoms with E-state index in [1.165, 1.54) is 0 Å². The number of nitrogens with zero attached hydrogens (tertiary/aromatic N) is 1. The number of hydrogen-bond acceptors (Lipinski definition) is 3. The molecule has 86 valence electrons. The summed E-state index contributed by atoms with van der Waals surface area (Å²) in [6.45, 7) is 4.98. The average molecular weight is 213 g/mol. The van der Waals surface area contributed by atoms with Crippen LogP contribution < -0.4 is 11.5 Å². The zero-order chi connectivity index (χ0) is 11.6. The van der Waals surface area contributed by atoms with Crippen molar-refractivity contribution >= 4 is 11.8 Å². The number of rotatable bonds is 3. The number of primary amides is 1. The second kappa shape index (κ2) is 4.18. The standard InChI is InChI=1S/C10H19N3O2/c1-10(2,6-11)9(15)13-4-3-7(5-13)8(12)14/h7H,3-6,11H2,1-2H3,(H2,12,14). The van der Waals surface area contributed by atoms with Gasteiger partial charge in [-0.3, -0.25) is 9.59 Å². The molecule has 1 heterocycles. The van der Waals surface area contributed by atoms with Gasteiger partial charge in [-0.25, -0.2) is 0 Å². The Morgan fingerprint density at radius 1 is 1.47 bits per heavy atom. The fourth-order valence-electron chi connectivity index (χ4n) is 1.69. The molecule has 1 saturated heterocycles. The van der Waals surface area contributed by atoms with Crippen LogP contribution in [-0.4, -0.2) is 36.3 Å². The molecule has 0 aromatic heterocycles. The van der Waals surface area contributed by atoms with Gasteiger partial charge in [0.15, 0.2) is 0 Å². The van der Waals surface area contributed by atoms with E-state index in [0.717, 1.165) is 0 Å². The molecule has 0 aromatic rings. The van der Waals surface area contributed by atoms with Gasteiger partial charge >= 0.3 is 0 Å². The van der Waals surface area contributed by atoms with Crippen molar-refractivity contribution < 1.29 is 9.59 Å². The number of likely N-dealkylation sites (tertiary alicyclic amines) is 1. The van der Waals surface area contributed by atoms with E-state index in [2.05, 4.69) is 0 Å². The molecule has 1 atom stereocenters. The topological polar surface area (TPSA) is 89.4 Å². The lowest BCUT2D eigenvalue weighted by atomic mass is 9.92. The summed E-state index contributed by atoms with van der Waals surface area (Å²) in [5.41, 5.74) is 10.2. The van der Waals surface area contributed by atoms with Gasteiger partial charge in [-0.15, -0.1) is 0 Å². The highest BCUT2D eigenvalue weighted by Gasteiger charge is 2.36. The van der Waals surface area contributed by atoms with E-state index in [0.29, 0.717) is 26.1 Å². The summed E-state index contributed by atoms with van der Waals surface area (Å²) in [5, 5.41) is 0. The van der Waals surface area contributed by atoms with Crippen molar-refractivity contribution in [3.05, 3.63) is 0 Å². The smallest absolute Gasteiger partial charge is 0.229 e. The molecule has 1 aliphatic rings. The third-order valence-electron chi connectivity index (χ3n) is 2.97. The van der Waals surface area contributed by atoms with E-state index in [9.17, 15) is 9.59 Å². The zero-order valence-electron chi connectivity index (χ0n) is 9.32. The lowest BCUT2D eigenvalue weighted by Crippen LogP contribution is -2.44. The van der Waals surface area contributed by atoms with Crippen molar-refractivity contribution in [3.8, 4) is 0 Å². The number of carbonyl (C=O) groups excluding carboxylic acids is 2. The van der Waals surface area contributed by atoms with Crippen molar-refractivity contribution in [1.29, 1.82) is 0 Å². The van der Waals surface area contributed by atoms with Gasteiger partial charge in [0, 0.05) is 19.6 Å². The maximum absolute atomic E-state index is 12.0. The molecule has 15 heavy (non-hydrogen) atoms. The van der Waals surface area contributed by atoms with Gasteiger partial charge in [-0.2, -0.15) is 0 Å². The second-order valence-electron chi connectivity index (χ2n) is 4.73. The van der Waals surface area contributed by atoms with Crippen LogP contribution in [0.4, 0.5) is 0 Å². The first kappa shape index (κ1) is 12.0. The van der Waals surface area contributed by atoms with Crippen LogP contribution in [-0.2, 0) is 9.59 Å². The van der Waals surface area contributed by atoms with Crippen molar-refractivity contribution in [3.63, 3.8) is 0 Å². The first-order valence-electron chi connectivity index (χ1n) is 5.17. The molecule has 0 spiro atoms. The van der Waals surface area contributed by atoms with E-state index in [1.807, 2.05) is 13.8 Å². The predicted molar refractivity (Wildman–Crippen MR) is 56.7 cm³/mol. The van der Waals surface area contributed by atoms with Crippen molar-refractivity contribution in [2.45, 2.75) is 20.3 Å². The van der Waals surface area contributed by atoms with E-state index in [4.69, 9.17) is 11.5 Å². The number of hydrogen-bond donors (Lipinski definition) is 2. The van der Waals surface area contributed by atoms with Gasteiger partial charge in [-0.1, -0.05) is 0 Å². The van der Waals surface area contributed by atoms with Crippen LogP contribution in [0, 0.1) is 11.3 Å². The first-order chi connectivity index (χ1) is 6.88. The summed E-state index contributed by atoms with van der Waals surface area (Å²) in [6.07, 6.45) is 0.668. The summed E-state index contributed by atoms with van der Waals surface area (Å²) in [6, 6.07) is 0. The minimum absolute atomic E-state index is 0.00810. The van der Waals surface area contributed by atoms with Crippen LogP contribution in [0.3, 0.4) is 0 Å². The fourth-order valence-corrected chi connectivity index (χ4v) is 1.69. The zero-order valence-corrected chi connectivity index (χ0v) is 9.32. The average Bonchev–Trinajstić information content (AvgIpc) is 2.65. The monoisotopic (exact) mass is 213 g/mol. The normalized spacial score (nSPS) is 21.8. The molecule has 1 rings (SSSR count). The Morgan fingerprint density at radius 3 is 2.47 bits per heavy atom. The molecule has 2 amide bonds. The molecule has 4 N–H and O–H groups in total. The molecule has 5 nitrogen and oxygen atoms in total. The van der Waals surface area contributed by atoms with Crippen LogP contribution in [0.25, 0.3) is 0 Å². The molecular weight excluding hydrogens is 194 g/mol. The van der Waals surface area contributed by atoms with Crippen molar-refractivity contribution in [2.24, 2.45) is 22.8 Å². The Balaban J connectivity index is 2.61. The number of amides is 2. The Morgan fingerprint density at radius 2 is 2.07 bits per heavy atom. The largest absolute Gasteiger partial charge is 0.369 e. The molecule has 1 aliphatic heterocycles. The molecule has 0 radical (unpaired) electrons. The summed E-state index contributed by atoms with van der Waals surface area (Å²) in [5.74, 6) is -0.507. The maximum atomic E-state index is 12.0. The quantitative estimate of drug-likeness (QED) is 0.650. The summed E-state index contributed by atoms with van der Waals surface area (Å²) in [7, 11) is 0. The highest BCUT2D eigenvalue weighted by Crippen LogP contribution is 2.23. The van der Waals surface area contributed by atoms with Crippen molar-refractivity contribution in [1.82, 2.24) is 4.90 Å². The van der Waals surface area contributed by atoms with Crippen LogP contribution in [0.1, 0.15) is 20.3 Å². The van der Waals surface area contributed by atoms with Gasteiger partial charge < -0.3 is 16.4 Å². The van der Waals surface area contributed by atoms with E-state index in [-0.39, 0.29) is 17.7 Å². The predicted octanol–water partition coefficient (Wildman–Crippen LogP) is -0.695. The fraction of sp³-hybridized carbons (Fsp3) is 0.800. The Hall–Kier alpha value is -1.10. The van der Waals surface area contributed by atoms with Gasteiger partial charge in [0.05, 0.1) is 11.3 Å². The minimum Gasteiger partial charge on any atom is -0.369 e. The highest BCUT2D eigenvalue weighted by molar-refractivity contribution is 5.84. The number of carbonyl (C=O) groups is 2. The highest BCUT2D eigenvalue weighted by atomic mass is 16.2. The lowest BCUT2D eigenvalue weighted by Gasteiger charge is -2.27. The minimum atomic E-state index is -0.549. The first-order valence-corrected chi connectivity index (χ1v) is 5.17. The molecule has 0 aliphatic carbocycles. The SMILES string of the molecule is CC(C)(CN)C(=O)N1CCC(C(N)=O)C1. The third-order valence-corrected chi connectivity index (χ3v) is 2.97. The molecular formula is C10H19N3O2. The van der Waals surface area contributed by atoms with E-state index >= 15 is 0 Å². The second-order valence-corrected chi connectivity index (χ2v) is 4.73. The number of nitrogens with two attached hydrogens (primary N) is 2. The van der Waals surface area contributed by atoms with Gasteiger partial charge in [-0.05, 0) is 20.3 Å². The Labute approximate surface area is 89.8 Å². The van der Waals surface area contributed by atoms with E-state index < -0.39 is 5.41 Å². The molecule has 5 heteroatoms. The van der Waals surface area contributed by atoms with Gasteiger partial charge in [0.1, 0.15) is 0 Å². The summed E-state index contributed by atoms with van der Waals surface area (Å²) in [4.78, 5) is 24.6. The van der Waals surface area contributed by atoms with Gasteiger partial charge in [0.25, 0.3) is 0 Å². The van der Waals surface area contributed by atoms with Crippen LogP contribution >= 0.6 is 0 Å². The lowest BCUT2D eigenvalue weighted by molar-refractivity contribution is -0.139. The Bertz CT molecular complexity index is 276. The van der Waals surface area contributed by atoms with Crippen molar-refractivity contribution in [2.75, 3.05) is 19.6 Å². The molecule has 1 unspecified atom stereocenters. The molecule has 0 saturated carbocycles. The molecule has 0 bridgehead atoms. The third kappa shape index (κ3) is 2.47. The molecule has 1 fully saturated rings. The summed E-state index contributed by atoms with van der Waals surface area (Å²) >= 11 is 0. The van der Waals surface area contributed by atoms with Gasteiger partial charge in [0.2, 0.25) is 11.8 Å². The maximum Gasteiger partial charge on any atom is 0.229 e. The van der Waals surface area contributed by atoms with E-state index in [1.54, 1.807) is 4.90 Å². The van der Waals surface area contributed by atoms with Crippen LogP contribution in [0.2, 0.25) is 0 Å².